The molecule has 144 valence electrons. The highest BCUT2D eigenvalue weighted by atomic mass is 16.5. The first-order chi connectivity index (χ1) is 13.2. The number of nitrogens with one attached hydrogen (secondary N) is 1. The number of amides is 2. The van der Waals surface area contributed by atoms with Crippen LogP contribution in [-0.2, 0) is 22.4 Å². The van der Waals surface area contributed by atoms with Crippen molar-refractivity contribution in [1.29, 1.82) is 0 Å². The number of carbonyl (C=O) groups excluding carboxylic acids is 2. The van der Waals surface area contributed by atoms with Gasteiger partial charge in [-0.05, 0) is 36.6 Å². The molecule has 1 aromatic heterocycles. The van der Waals surface area contributed by atoms with E-state index in [2.05, 4.69) is 4.98 Å². The van der Waals surface area contributed by atoms with Crippen molar-refractivity contribution in [3.63, 3.8) is 0 Å². The van der Waals surface area contributed by atoms with E-state index < -0.39 is 0 Å². The van der Waals surface area contributed by atoms with Crippen molar-refractivity contribution in [2.75, 3.05) is 33.3 Å². The van der Waals surface area contributed by atoms with Crippen molar-refractivity contribution in [2.24, 2.45) is 0 Å². The Kier molecular flexibility index (Phi) is 6.52. The molecule has 6 nitrogen and oxygen atoms in total. The van der Waals surface area contributed by atoms with Gasteiger partial charge in [0.1, 0.15) is 5.75 Å². The number of methoxy groups -OCH3 is 1. The summed E-state index contributed by atoms with van der Waals surface area (Å²) in [6.45, 7) is 2.61. The second kappa shape index (κ2) is 9.26. The molecule has 0 radical (unpaired) electrons. The quantitative estimate of drug-likeness (QED) is 0.849. The summed E-state index contributed by atoms with van der Waals surface area (Å²) in [7, 11) is 1.65. The molecule has 1 aliphatic heterocycles. The van der Waals surface area contributed by atoms with Gasteiger partial charge in [0.15, 0.2) is 0 Å². The molecule has 1 aliphatic rings. The number of benzene rings is 1. The Labute approximate surface area is 160 Å². The Balaban J connectivity index is 1.49. The van der Waals surface area contributed by atoms with E-state index >= 15 is 0 Å². The molecule has 1 saturated heterocycles. The summed E-state index contributed by atoms with van der Waals surface area (Å²) in [4.78, 5) is 31.9. The molecule has 3 rings (SSSR count). The molecule has 0 unspecified atom stereocenters. The minimum atomic E-state index is 0.112. The predicted octanol–water partition coefficient (Wildman–Crippen LogP) is 2.26. The van der Waals surface area contributed by atoms with E-state index in [0.29, 0.717) is 45.4 Å². The molecule has 27 heavy (non-hydrogen) atoms. The summed E-state index contributed by atoms with van der Waals surface area (Å²) >= 11 is 0. The van der Waals surface area contributed by atoms with E-state index in [-0.39, 0.29) is 11.8 Å². The summed E-state index contributed by atoms with van der Waals surface area (Å²) in [6, 6.07) is 11.6. The van der Waals surface area contributed by atoms with Crippen LogP contribution in [0.1, 0.15) is 24.1 Å². The van der Waals surface area contributed by atoms with Crippen LogP contribution >= 0.6 is 0 Å². The average Bonchev–Trinajstić information content (AvgIpc) is 3.07. The van der Waals surface area contributed by atoms with Crippen LogP contribution in [0.15, 0.2) is 42.6 Å². The van der Waals surface area contributed by atoms with E-state index in [0.717, 1.165) is 23.4 Å². The van der Waals surface area contributed by atoms with Crippen LogP contribution in [0.3, 0.4) is 0 Å². The van der Waals surface area contributed by atoms with Gasteiger partial charge in [0.25, 0.3) is 0 Å². The first-order valence-corrected chi connectivity index (χ1v) is 9.47. The van der Waals surface area contributed by atoms with Crippen molar-refractivity contribution in [1.82, 2.24) is 14.8 Å². The van der Waals surface area contributed by atoms with Gasteiger partial charge in [-0.15, -0.1) is 0 Å². The third-order valence-corrected chi connectivity index (χ3v) is 5.01. The fourth-order valence-corrected chi connectivity index (χ4v) is 3.48. The molecule has 0 atom stereocenters. The number of nitrogens with zero attached hydrogens (tertiary/aromatic N) is 2. The predicted molar refractivity (Wildman–Crippen MR) is 104 cm³/mol. The summed E-state index contributed by atoms with van der Waals surface area (Å²) in [5, 5.41) is 0. The Morgan fingerprint density at radius 1 is 1.00 bits per heavy atom. The topological polar surface area (TPSA) is 65.6 Å². The van der Waals surface area contributed by atoms with Crippen LogP contribution in [0, 0.1) is 0 Å². The maximum Gasteiger partial charge on any atom is 0.228 e. The van der Waals surface area contributed by atoms with Crippen LogP contribution in [-0.4, -0.2) is 59.9 Å². The third-order valence-electron chi connectivity index (χ3n) is 5.01. The first-order valence-electron chi connectivity index (χ1n) is 9.47. The molecule has 6 heteroatoms. The average molecular weight is 369 g/mol. The SMILES string of the molecule is COc1ccccc1CCC(=O)N1CCCN(C(=O)Cc2ccc[nH]2)CC1. The maximum absolute atomic E-state index is 12.6. The number of carbonyl (C=O) groups is 2. The van der Waals surface area contributed by atoms with Gasteiger partial charge in [-0.2, -0.15) is 0 Å². The summed E-state index contributed by atoms with van der Waals surface area (Å²) in [5.41, 5.74) is 1.97. The van der Waals surface area contributed by atoms with Crippen molar-refractivity contribution >= 4 is 11.8 Å². The lowest BCUT2D eigenvalue weighted by molar-refractivity contribution is -0.133. The van der Waals surface area contributed by atoms with Crippen molar-refractivity contribution in [2.45, 2.75) is 25.7 Å². The second-order valence-electron chi connectivity index (χ2n) is 6.80. The van der Waals surface area contributed by atoms with E-state index in [4.69, 9.17) is 4.74 Å². The Morgan fingerprint density at radius 3 is 2.44 bits per heavy atom. The molecule has 0 saturated carbocycles. The van der Waals surface area contributed by atoms with Crippen LogP contribution in [0.25, 0.3) is 0 Å². The van der Waals surface area contributed by atoms with Gasteiger partial charge in [0.2, 0.25) is 11.8 Å². The van der Waals surface area contributed by atoms with Gasteiger partial charge in [0, 0.05) is 44.5 Å². The van der Waals surface area contributed by atoms with Gasteiger partial charge in [-0.3, -0.25) is 9.59 Å². The summed E-state index contributed by atoms with van der Waals surface area (Å²) < 4.78 is 5.35. The molecule has 0 bridgehead atoms. The Bertz CT molecular complexity index is 758. The number of aromatic amines is 1. The Morgan fingerprint density at radius 2 is 1.74 bits per heavy atom. The number of aromatic nitrogens is 1. The normalized spacial score (nSPS) is 14.7. The minimum Gasteiger partial charge on any atom is -0.496 e. The highest BCUT2D eigenvalue weighted by Crippen LogP contribution is 2.19. The van der Waals surface area contributed by atoms with Crippen LogP contribution in [0.5, 0.6) is 5.75 Å². The molecular weight excluding hydrogens is 342 g/mol. The van der Waals surface area contributed by atoms with Crippen LogP contribution < -0.4 is 4.74 Å². The Hall–Kier alpha value is -2.76. The second-order valence-corrected chi connectivity index (χ2v) is 6.80. The lowest BCUT2D eigenvalue weighted by atomic mass is 10.1. The maximum atomic E-state index is 12.6. The number of rotatable bonds is 6. The standard InChI is InChI=1S/C21H27N3O3/c1-27-19-8-3-2-6-17(19)9-10-20(25)23-12-5-13-24(15-14-23)21(26)16-18-7-4-11-22-18/h2-4,6-8,11,22H,5,9-10,12-16H2,1H3. The number of ether oxygens (including phenoxy) is 1. The molecule has 1 aromatic carbocycles. The number of aryl methyl sites for hydroxylation is 1. The van der Waals surface area contributed by atoms with Crippen molar-refractivity contribution in [3.8, 4) is 5.75 Å². The zero-order chi connectivity index (χ0) is 19.1. The highest BCUT2D eigenvalue weighted by Gasteiger charge is 2.22. The van der Waals surface area contributed by atoms with Gasteiger partial charge in [-0.1, -0.05) is 18.2 Å². The number of hydrogen-bond donors (Lipinski definition) is 1. The zero-order valence-corrected chi connectivity index (χ0v) is 15.8. The lowest BCUT2D eigenvalue weighted by Gasteiger charge is -2.22. The van der Waals surface area contributed by atoms with Gasteiger partial charge >= 0.3 is 0 Å². The summed E-state index contributed by atoms with van der Waals surface area (Å²) in [5.74, 6) is 1.07. The van der Waals surface area contributed by atoms with Crippen LogP contribution in [0.4, 0.5) is 0 Å². The molecule has 2 heterocycles. The van der Waals surface area contributed by atoms with Gasteiger partial charge in [0.05, 0.1) is 13.5 Å². The number of hydrogen-bond acceptors (Lipinski definition) is 3. The molecule has 2 amide bonds. The molecule has 0 aliphatic carbocycles. The molecule has 1 fully saturated rings. The van der Waals surface area contributed by atoms with E-state index in [1.165, 1.54) is 0 Å². The minimum absolute atomic E-state index is 0.112. The largest absolute Gasteiger partial charge is 0.496 e. The zero-order valence-electron chi connectivity index (χ0n) is 15.8. The van der Waals surface area contributed by atoms with E-state index in [1.807, 2.05) is 52.4 Å². The fourth-order valence-electron chi connectivity index (χ4n) is 3.48. The number of para-hydroxylation sites is 1. The monoisotopic (exact) mass is 369 g/mol. The highest BCUT2D eigenvalue weighted by molar-refractivity contribution is 5.79. The fraction of sp³-hybridized carbons (Fsp3) is 0.429. The van der Waals surface area contributed by atoms with Gasteiger partial charge in [-0.25, -0.2) is 0 Å². The number of H-pyrrole nitrogens is 1. The lowest BCUT2D eigenvalue weighted by Crippen LogP contribution is -2.38. The first kappa shape index (κ1) is 19.0. The molecule has 0 spiro atoms. The third kappa shape index (κ3) is 5.12. The van der Waals surface area contributed by atoms with Crippen LogP contribution in [0.2, 0.25) is 0 Å². The van der Waals surface area contributed by atoms with E-state index in [9.17, 15) is 9.59 Å². The molecule has 1 N–H and O–H groups in total. The van der Waals surface area contributed by atoms with Crippen molar-refractivity contribution in [3.05, 3.63) is 53.9 Å². The molecular formula is C21H27N3O3. The van der Waals surface area contributed by atoms with Gasteiger partial charge < -0.3 is 19.5 Å². The smallest absolute Gasteiger partial charge is 0.228 e. The summed E-state index contributed by atoms with van der Waals surface area (Å²) in [6.07, 6.45) is 4.14. The molecule has 2 aromatic rings. The van der Waals surface area contributed by atoms with Crippen molar-refractivity contribution < 1.29 is 14.3 Å². The van der Waals surface area contributed by atoms with E-state index in [1.54, 1.807) is 7.11 Å².